The predicted octanol–water partition coefficient (Wildman–Crippen LogP) is 2.74. The molecule has 1 unspecified atom stereocenters. The van der Waals surface area contributed by atoms with Crippen LogP contribution in [0.15, 0.2) is 18.2 Å². The molecule has 0 heterocycles. The monoisotopic (exact) mass is 294 g/mol. The van der Waals surface area contributed by atoms with E-state index in [4.69, 9.17) is 5.11 Å². The van der Waals surface area contributed by atoms with Crippen molar-refractivity contribution in [3.8, 4) is 0 Å². The van der Waals surface area contributed by atoms with E-state index in [0.717, 1.165) is 11.1 Å². The molecular formula is C15H22N2O4. The van der Waals surface area contributed by atoms with Crippen LogP contribution in [0.2, 0.25) is 0 Å². The van der Waals surface area contributed by atoms with Crippen molar-refractivity contribution >= 4 is 11.7 Å². The van der Waals surface area contributed by atoms with Crippen LogP contribution < -0.4 is 5.32 Å². The Bertz CT molecular complexity index is 514. The first-order valence-electron chi connectivity index (χ1n) is 6.98. The molecular weight excluding hydrogens is 272 g/mol. The molecule has 1 aromatic carbocycles. The van der Waals surface area contributed by atoms with Gasteiger partial charge in [-0.05, 0) is 30.4 Å². The number of nitrogens with zero attached hydrogens (tertiary/aromatic N) is 1. The number of aryl methyl sites for hydroxylation is 1. The van der Waals surface area contributed by atoms with Crippen LogP contribution >= 0.6 is 0 Å². The number of hydrogen-bond acceptors (Lipinski definition) is 4. The highest BCUT2D eigenvalue weighted by Crippen LogP contribution is 2.17. The normalized spacial score (nSPS) is 12.4. The number of hydrogen-bond donors (Lipinski definition) is 2. The van der Waals surface area contributed by atoms with Crippen molar-refractivity contribution in [2.75, 3.05) is 6.54 Å². The van der Waals surface area contributed by atoms with Crippen LogP contribution in [0.25, 0.3) is 0 Å². The van der Waals surface area contributed by atoms with Crippen LogP contribution in [0.5, 0.6) is 0 Å². The summed E-state index contributed by atoms with van der Waals surface area (Å²) in [7, 11) is 0. The third-order valence-electron chi connectivity index (χ3n) is 3.35. The lowest BCUT2D eigenvalue weighted by Gasteiger charge is -2.16. The molecule has 0 fully saturated rings. The molecule has 1 aromatic rings. The van der Waals surface area contributed by atoms with Crippen molar-refractivity contribution < 1.29 is 14.8 Å². The second kappa shape index (κ2) is 7.73. The Morgan fingerprint density at radius 1 is 1.43 bits per heavy atom. The lowest BCUT2D eigenvalue weighted by atomic mass is 9.97. The van der Waals surface area contributed by atoms with Crippen LogP contribution in [0, 0.1) is 28.9 Å². The van der Waals surface area contributed by atoms with E-state index in [1.54, 1.807) is 6.07 Å². The van der Waals surface area contributed by atoms with Gasteiger partial charge in [0.15, 0.2) is 0 Å². The molecule has 0 aliphatic rings. The van der Waals surface area contributed by atoms with Crippen molar-refractivity contribution in [2.45, 2.75) is 33.7 Å². The maximum atomic E-state index is 11.1. The van der Waals surface area contributed by atoms with Gasteiger partial charge in [0.05, 0.1) is 10.8 Å². The Balaban J connectivity index is 2.58. The van der Waals surface area contributed by atoms with Gasteiger partial charge in [0, 0.05) is 25.2 Å². The number of nitro groups is 1. The number of benzene rings is 1. The molecule has 1 rings (SSSR count). The standard InChI is InChI=1S/C15H22N2O4/c1-10(2)6-13(15(18)19)9-16-8-12-4-5-14(17(20)21)7-11(12)3/h4-5,7,10,13,16H,6,8-9H2,1-3H3,(H,18,19). The Morgan fingerprint density at radius 3 is 2.57 bits per heavy atom. The largest absolute Gasteiger partial charge is 0.481 e. The van der Waals surface area contributed by atoms with Crippen LogP contribution in [-0.4, -0.2) is 22.5 Å². The van der Waals surface area contributed by atoms with Gasteiger partial charge in [-0.2, -0.15) is 0 Å². The molecule has 21 heavy (non-hydrogen) atoms. The molecule has 0 radical (unpaired) electrons. The predicted molar refractivity (Wildman–Crippen MR) is 80.1 cm³/mol. The summed E-state index contributed by atoms with van der Waals surface area (Å²) in [6.45, 7) is 6.70. The van der Waals surface area contributed by atoms with Crippen molar-refractivity contribution in [3.05, 3.63) is 39.4 Å². The molecule has 0 saturated carbocycles. The molecule has 0 aliphatic carbocycles. The fourth-order valence-corrected chi connectivity index (χ4v) is 2.21. The van der Waals surface area contributed by atoms with Gasteiger partial charge in [-0.3, -0.25) is 14.9 Å². The van der Waals surface area contributed by atoms with E-state index in [1.165, 1.54) is 12.1 Å². The SMILES string of the molecule is Cc1cc([N+](=O)[O-])ccc1CNCC(CC(C)C)C(=O)O. The summed E-state index contributed by atoms with van der Waals surface area (Å²) in [4.78, 5) is 21.4. The minimum atomic E-state index is -0.795. The van der Waals surface area contributed by atoms with E-state index in [0.29, 0.717) is 25.4 Å². The van der Waals surface area contributed by atoms with Gasteiger partial charge >= 0.3 is 5.97 Å². The summed E-state index contributed by atoms with van der Waals surface area (Å²) in [5.74, 6) is -0.881. The summed E-state index contributed by atoms with van der Waals surface area (Å²) >= 11 is 0. The number of aliphatic carboxylic acids is 1. The smallest absolute Gasteiger partial charge is 0.307 e. The molecule has 6 heteroatoms. The number of nitro benzene ring substituents is 1. The van der Waals surface area contributed by atoms with Gasteiger partial charge < -0.3 is 10.4 Å². The fraction of sp³-hybridized carbons (Fsp3) is 0.533. The maximum absolute atomic E-state index is 11.1. The molecule has 0 amide bonds. The van der Waals surface area contributed by atoms with Crippen molar-refractivity contribution in [2.24, 2.45) is 11.8 Å². The highest BCUT2D eigenvalue weighted by molar-refractivity contribution is 5.70. The summed E-state index contributed by atoms with van der Waals surface area (Å²) in [6, 6.07) is 4.70. The van der Waals surface area contributed by atoms with Gasteiger partial charge in [0.1, 0.15) is 0 Å². The minimum absolute atomic E-state index is 0.0690. The first-order chi connectivity index (χ1) is 9.81. The molecule has 6 nitrogen and oxygen atoms in total. The summed E-state index contributed by atoms with van der Waals surface area (Å²) in [6.07, 6.45) is 0.627. The molecule has 0 spiro atoms. The lowest BCUT2D eigenvalue weighted by molar-refractivity contribution is -0.384. The Hall–Kier alpha value is -1.95. The summed E-state index contributed by atoms with van der Waals surface area (Å²) in [5.41, 5.74) is 1.83. The second-order valence-electron chi connectivity index (χ2n) is 5.66. The molecule has 0 saturated heterocycles. The van der Waals surface area contributed by atoms with E-state index < -0.39 is 16.8 Å². The molecule has 0 aliphatic heterocycles. The first kappa shape index (κ1) is 17.1. The average molecular weight is 294 g/mol. The van der Waals surface area contributed by atoms with Crippen molar-refractivity contribution in [1.29, 1.82) is 0 Å². The Morgan fingerprint density at radius 2 is 2.10 bits per heavy atom. The van der Waals surface area contributed by atoms with Gasteiger partial charge in [0.25, 0.3) is 5.69 Å². The van der Waals surface area contributed by atoms with Gasteiger partial charge in [-0.25, -0.2) is 0 Å². The van der Waals surface area contributed by atoms with E-state index in [1.807, 2.05) is 20.8 Å². The zero-order valence-electron chi connectivity index (χ0n) is 12.6. The zero-order chi connectivity index (χ0) is 16.0. The number of nitrogens with one attached hydrogen (secondary N) is 1. The minimum Gasteiger partial charge on any atom is -0.481 e. The third-order valence-corrected chi connectivity index (χ3v) is 3.35. The number of carboxylic acids is 1. The molecule has 2 N–H and O–H groups in total. The van der Waals surface area contributed by atoms with Crippen LogP contribution in [0.1, 0.15) is 31.4 Å². The molecule has 116 valence electrons. The van der Waals surface area contributed by atoms with Gasteiger partial charge in [-0.15, -0.1) is 0 Å². The van der Waals surface area contributed by atoms with E-state index >= 15 is 0 Å². The zero-order valence-corrected chi connectivity index (χ0v) is 12.6. The Kier molecular flexibility index (Phi) is 6.30. The maximum Gasteiger partial charge on any atom is 0.307 e. The third kappa shape index (κ3) is 5.51. The highest BCUT2D eigenvalue weighted by atomic mass is 16.6. The lowest BCUT2D eigenvalue weighted by Crippen LogP contribution is -2.29. The number of carbonyl (C=O) groups is 1. The topological polar surface area (TPSA) is 92.5 Å². The fourth-order valence-electron chi connectivity index (χ4n) is 2.21. The van der Waals surface area contributed by atoms with Gasteiger partial charge in [-0.1, -0.05) is 19.9 Å². The van der Waals surface area contributed by atoms with Crippen molar-refractivity contribution in [3.63, 3.8) is 0 Å². The van der Waals surface area contributed by atoms with Crippen LogP contribution in [-0.2, 0) is 11.3 Å². The number of carboxylic acid groups (broad SMARTS) is 1. The van der Waals surface area contributed by atoms with E-state index in [9.17, 15) is 14.9 Å². The highest BCUT2D eigenvalue weighted by Gasteiger charge is 2.18. The second-order valence-corrected chi connectivity index (χ2v) is 5.66. The summed E-state index contributed by atoms with van der Waals surface area (Å²) in [5, 5.41) is 23.0. The summed E-state index contributed by atoms with van der Waals surface area (Å²) < 4.78 is 0. The number of rotatable bonds is 8. The quantitative estimate of drug-likeness (QED) is 0.568. The van der Waals surface area contributed by atoms with Crippen LogP contribution in [0.3, 0.4) is 0 Å². The van der Waals surface area contributed by atoms with Gasteiger partial charge in [0.2, 0.25) is 0 Å². The van der Waals surface area contributed by atoms with Crippen LogP contribution in [0.4, 0.5) is 5.69 Å². The average Bonchev–Trinajstić information content (AvgIpc) is 2.38. The Labute approximate surface area is 124 Å². The molecule has 1 atom stereocenters. The number of non-ortho nitro benzene ring substituents is 1. The van der Waals surface area contributed by atoms with E-state index in [2.05, 4.69) is 5.32 Å². The van der Waals surface area contributed by atoms with Crippen molar-refractivity contribution in [1.82, 2.24) is 5.32 Å². The molecule has 0 aromatic heterocycles. The molecule has 0 bridgehead atoms. The van der Waals surface area contributed by atoms with E-state index in [-0.39, 0.29) is 5.69 Å². The first-order valence-corrected chi connectivity index (χ1v) is 6.98.